The van der Waals surface area contributed by atoms with Crippen LogP contribution >= 0.6 is 23.1 Å². The van der Waals surface area contributed by atoms with Gasteiger partial charge in [-0.25, -0.2) is 9.98 Å². The Hall–Kier alpha value is -3.37. The third-order valence-electron chi connectivity index (χ3n) is 4.63. The Morgan fingerprint density at radius 1 is 1.15 bits per heavy atom. The zero-order chi connectivity index (χ0) is 23.4. The Balaban J connectivity index is 1.28. The van der Waals surface area contributed by atoms with Gasteiger partial charge in [0.25, 0.3) is 11.9 Å². The molecule has 0 aliphatic carbocycles. The number of ether oxygens (including phenoxy) is 1. The lowest BCUT2D eigenvalue weighted by molar-refractivity contribution is 0.0971. The topological polar surface area (TPSA) is 100 Å². The van der Waals surface area contributed by atoms with Crippen LogP contribution in [0.1, 0.15) is 22.5 Å². The minimum absolute atomic E-state index is 0.182. The summed E-state index contributed by atoms with van der Waals surface area (Å²) in [6.07, 6.45) is 1.06. The number of amides is 1. The molecular weight excluding hydrogens is 468 g/mol. The lowest BCUT2D eigenvalue weighted by atomic mass is 10.2. The molecule has 0 bridgehead atoms. The predicted molar refractivity (Wildman–Crippen MR) is 140 cm³/mol. The maximum atomic E-state index is 12.6. The van der Waals surface area contributed by atoms with E-state index in [9.17, 15) is 4.79 Å². The number of thioether (sulfide) groups is 1. The van der Waals surface area contributed by atoms with Crippen molar-refractivity contribution < 1.29 is 9.53 Å². The molecule has 3 aromatic rings. The molecule has 10 heteroatoms. The number of aromatic nitrogens is 1. The van der Waals surface area contributed by atoms with Crippen molar-refractivity contribution in [2.24, 2.45) is 9.98 Å². The van der Waals surface area contributed by atoms with E-state index in [1.54, 1.807) is 35.2 Å². The molecule has 8 nitrogen and oxygen atoms in total. The van der Waals surface area contributed by atoms with Crippen molar-refractivity contribution in [3.8, 4) is 5.75 Å². The molecule has 1 amide bonds. The van der Waals surface area contributed by atoms with Gasteiger partial charge in [0, 0.05) is 35.5 Å². The maximum absolute atomic E-state index is 12.6. The number of anilines is 1. The Morgan fingerprint density at radius 2 is 1.94 bits per heavy atom. The molecule has 1 aliphatic heterocycles. The van der Waals surface area contributed by atoms with Gasteiger partial charge in [0.05, 0.1) is 12.2 Å². The van der Waals surface area contributed by atoms with Gasteiger partial charge in [-0.1, -0.05) is 36.4 Å². The summed E-state index contributed by atoms with van der Waals surface area (Å²) in [6.45, 7) is 2.27. The summed E-state index contributed by atoms with van der Waals surface area (Å²) in [5.74, 6) is 2.68. The number of hydrogen-bond acceptors (Lipinski definition) is 9. The molecule has 2 aromatic carbocycles. The van der Waals surface area contributed by atoms with Crippen LogP contribution in [-0.2, 0) is 5.75 Å². The highest BCUT2D eigenvalue weighted by Gasteiger charge is 2.11. The zero-order valence-electron chi connectivity index (χ0n) is 18.6. The van der Waals surface area contributed by atoms with Crippen molar-refractivity contribution in [1.82, 2.24) is 15.6 Å². The second-order valence-electron chi connectivity index (χ2n) is 7.25. The van der Waals surface area contributed by atoms with Crippen molar-refractivity contribution in [2.45, 2.75) is 12.2 Å². The molecule has 1 aromatic heterocycles. The van der Waals surface area contributed by atoms with E-state index in [0.29, 0.717) is 17.9 Å². The average Bonchev–Trinajstić information content (AvgIpc) is 3.32. The van der Waals surface area contributed by atoms with Crippen LogP contribution in [0.2, 0.25) is 0 Å². The Morgan fingerprint density at radius 3 is 2.71 bits per heavy atom. The summed E-state index contributed by atoms with van der Waals surface area (Å²) >= 11 is 3.29. The predicted octanol–water partition coefficient (Wildman–Crippen LogP) is 4.00. The lowest BCUT2D eigenvalue weighted by Crippen LogP contribution is -2.35. The van der Waals surface area contributed by atoms with E-state index < -0.39 is 0 Å². The van der Waals surface area contributed by atoms with Crippen molar-refractivity contribution in [3.63, 3.8) is 0 Å². The van der Waals surface area contributed by atoms with Gasteiger partial charge in [0.15, 0.2) is 11.1 Å². The highest BCUT2D eigenvalue weighted by atomic mass is 32.2. The first-order valence-corrected chi connectivity index (χ1v) is 13.0. The largest absolute Gasteiger partial charge is 0.426 e. The molecule has 0 saturated carbocycles. The molecule has 0 unspecified atom stereocenters. The first kappa shape index (κ1) is 23.8. The molecule has 0 saturated heterocycles. The van der Waals surface area contributed by atoms with Crippen molar-refractivity contribution in [1.29, 1.82) is 0 Å². The summed E-state index contributed by atoms with van der Waals surface area (Å²) in [7, 11) is 0. The van der Waals surface area contributed by atoms with Crippen molar-refractivity contribution >= 4 is 46.1 Å². The minimum atomic E-state index is -0.262. The number of guanidine groups is 1. The number of carbonyl (C=O) groups is 1. The molecule has 1 aliphatic rings. The molecule has 3 N–H and O–H groups in total. The van der Waals surface area contributed by atoms with E-state index >= 15 is 0 Å². The van der Waals surface area contributed by atoms with E-state index in [1.807, 2.05) is 53.9 Å². The smallest absolute Gasteiger partial charge is 0.297 e. The Labute approximate surface area is 207 Å². The van der Waals surface area contributed by atoms with Gasteiger partial charge in [-0.05, 0) is 30.7 Å². The lowest BCUT2D eigenvalue weighted by Gasteiger charge is -2.14. The molecule has 176 valence electrons. The number of rotatable bonds is 8. The van der Waals surface area contributed by atoms with Gasteiger partial charge in [-0.15, -0.1) is 11.3 Å². The van der Waals surface area contributed by atoms with Gasteiger partial charge in [-0.2, -0.15) is 11.8 Å². The number of para-hydroxylation sites is 1. The SMILES string of the molecule is O=C(NC(=NCCSCc1csc(NC2=NCCCN2)n1)Oc1ccccc1)c1ccccc1. The molecule has 0 fully saturated rings. The number of nitrogens with zero attached hydrogens (tertiary/aromatic N) is 3. The normalized spacial score (nSPS) is 13.5. The van der Waals surface area contributed by atoms with Gasteiger partial charge >= 0.3 is 0 Å². The molecule has 2 heterocycles. The van der Waals surface area contributed by atoms with Crippen LogP contribution in [0, 0.1) is 0 Å². The van der Waals surface area contributed by atoms with Crippen molar-refractivity contribution in [2.75, 3.05) is 30.7 Å². The van der Waals surface area contributed by atoms with Gasteiger partial charge in [0.2, 0.25) is 0 Å². The first-order valence-electron chi connectivity index (χ1n) is 11.0. The fourth-order valence-corrected chi connectivity index (χ4v) is 4.53. The third-order valence-corrected chi connectivity index (χ3v) is 6.41. The van der Waals surface area contributed by atoms with Crippen LogP contribution < -0.4 is 20.7 Å². The van der Waals surface area contributed by atoms with E-state index in [2.05, 4.69) is 30.9 Å². The van der Waals surface area contributed by atoms with Crippen LogP contribution in [0.4, 0.5) is 5.13 Å². The first-order chi connectivity index (χ1) is 16.8. The number of benzene rings is 2. The highest BCUT2D eigenvalue weighted by molar-refractivity contribution is 7.98. The average molecular weight is 495 g/mol. The molecule has 0 spiro atoms. The van der Waals surface area contributed by atoms with E-state index in [0.717, 1.165) is 47.8 Å². The summed E-state index contributed by atoms with van der Waals surface area (Å²) in [4.78, 5) is 26.1. The summed E-state index contributed by atoms with van der Waals surface area (Å²) < 4.78 is 5.82. The Kier molecular flexibility index (Phi) is 8.92. The van der Waals surface area contributed by atoms with Crippen molar-refractivity contribution in [3.05, 3.63) is 77.3 Å². The molecular formula is C24H26N6O2S2. The third kappa shape index (κ3) is 7.60. The van der Waals surface area contributed by atoms with Crippen LogP contribution in [-0.4, -0.2) is 48.3 Å². The van der Waals surface area contributed by atoms with Gasteiger partial charge in [0.1, 0.15) is 5.75 Å². The second kappa shape index (κ2) is 12.8. The summed E-state index contributed by atoms with van der Waals surface area (Å²) in [6, 6.07) is 18.5. The number of amidine groups is 1. The maximum Gasteiger partial charge on any atom is 0.297 e. The van der Waals surface area contributed by atoms with E-state index in [-0.39, 0.29) is 11.9 Å². The highest BCUT2D eigenvalue weighted by Crippen LogP contribution is 2.19. The summed E-state index contributed by atoms with van der Waals surface area (Å²) in [5.41, 5.74) is 1.56. The Bertz CT molecular complexity index is 1120. The second-order valence-corrected chi connectivity index (χ2v) is 9.22. The molecule has 4 rings (SSSR count). The van der Waals surface area contributed by atoms with E-state index in [4.69, 9.17) is 4.74 Å². The van der Waals surface area contributed by atoms with Gasteiger partial charge < -0.3 is 15.4 Å². The number of aliphatic imine (C=N–C) groups is 2. The monoisotopic (exact) mass is 494 g/mol. The van der Waals surface area contributed by atoms with Crippen LogP contribution in [0.5, 0.6) is 5.75 Å². The van der Waals surface area contributed by atoms with E-state index in [1.165, 1.54) is 0 Å². The van der Waals surface area contributed by atoms with Crippen LogP contribution in [0.15, 0.2) is 76.0 Å². The molecule has 0 atom stereocenters. The van der Waals surface area contributed by atoms with Gasteiger partial charge in [-0.3, -0.25) is 15.1 Å². The fourth-order valence-electron chi connectivity index (χ4n) is 2.99. The molecule has 34 heavy (non-hydrogen) atoms. The quantitative estimate of drug-likeness (QED) is 0.249. The number of thiazole rings is 1. The zero-order valence-corrected chi connectivity index (χ0v) is 20.2. The minimum Gasteiger partial charge on any atom is -0.426 e. The number of hydrogen-bond donors (Lipinski definition) is 3. The fraction of sp³-hybridized carbons (Fsp3) is 0.250. The standard InChI is InChI=1S/C24H26N6O2S2/c31-21(18-8-3-1-4-9-18)29-23(32-20-10-5-2-6-11-20)27-14-15-33-16-19-17-34-24(28-19)30-22-25-12-7-13-26-22/h1-6,8-11,17H,7,12-16H2,(H,27,29,31)(H2,25,26,28,30). The number of nitrogens with one attached hydrogen (secondary N) is 3. The molecule has 0 radical (unpaired) electrons. The summed E-state index contributed by atoms with van der Waals surface area (Å²) in [5, 5.41) is 12.1. The van der Waals surface area contributed by atoms with Crippen LogP contribution in [0.3, 0.4) is 0 Å². The van der Waals surface area contributed by atoms with Crippen LogP contribution in [0.25, 0.3) is 0 Å². The number of carbonyl (C=O) groups excluding carboxylic acids is 1.